The van der Waals surface area contributed by atoms with Crippen molar-refractivity contribution in [3.8, 4) is 0 Å². The molecule has 0 aromatic heterocycles. The number of cyclic esters (lactones) is 1. The fourth-order valence-electron chi connectivity index (χ4n) is 4.96. The van der Waals surface area contributed by atoms with E-state index in [1.54, 1.807) is 0 Å². The largest absolute Gasteiger partial charge is 0.446 e. The van der Waals surface area contributed by atoms with Crippen LogP contribution in [0.3, 0.4) is 0 Å². The van der Waals surface area contributed by atoms with E-state index in [4.69, 9.17) is 21.1 Å². The van der Waals surface area contributed by atoms with Crippen LogP contribution >= 0.6 is 11.6 Å². The third-order valence-electron chi connectivity index (χ3n) is 6.32. The van der Waals surface area contributed by atoms with Crippen molar-refractivity contribution in [2.24, 2.45) is 5.92 Å². The summed E-state index contributed by atoms with van der Waals surface area (Å²) >= 11 is 6.11. The molecule has 2 aliphatic rings. The van der Waals surface area contributed by atoms with Crippen LogP contribution in [0.25, 0.3) is 0 Å². The van der Waals surface area contributed by atoms with Crippen LogP contribution in [0.2, 0.25) is 5.02 Å². The summed E-state index contributed by atoms with van der Waals surface area (Å²) in [6.07, 6.45) is 1.68. The minimum absolute atomic E-state index is 0.0246. The number of benzene rings is 2. The first-order valence-electron chi connectivity index (χ1n) is 10.9. The molecule has 0 aliphatic carbocycles. The van der Waals surface area contributed by atoms with Gasteiger partial charge in [0, 0.05) is 11.4 Å². The summed E-state index contributed by atoms with van der Waals surface area (Å²) in [6.45, 7) is 4.34. The molecule has 2 amide bonds. The van der Waals surface area contributed by atoms with E-state index in [0.29, 0.717) is 5.02 Å². The molecule has 6 heteroatoms. The Balaban J connectivity index is 1.60. The Kier molecular flexibility index (Phi) is 6.63. The van der Waals surface area contributed by atoms with Gasteiger partial charge in [0.05, 0.1) is 12.2 Å². The van der Waals surface area contributed by atoms with Gasteiger partial charge in [-0.1, -0.05) is 54.1 Å². The van der Waals surface area contributed by atoms with Crippen molar-refractivity contribution < 1.29 is 19.1 Å². The number of halogens is 1. The van der Waals surface area contributed by atoms with Crippen LogP contribution in [0.4, 0.5) is 4.79 Å². The van der Waals surface area contributed by atoms with Crippen molar-refractivity contribution in [2.75, 3.05) is 6.61 Å². The fraction of sp³-hybridized carbons (Fsp3) is 0.440. The van der Waals surface area contributed by atoms with E-state index >= 15 is 0 Å². The maximum Gasteiger partial charge on any atom is 0.417 e. The van der Waals surface area contributed by atoms with E-state index in [9.17, 15) is 9.59 Å². The zero-order valence-electron chi connectivity index (χ0n) is 17.9. The average molecular weight is 442 g/mol. The second kappa shape index (κ2) is 9.41. The number of imide groups is 1. The molecule has 164 valence electrons. The molecule has 2 aliphatic heterocycles. The second-order valence-electron chi connectivity index (χ2n) is 8.62. The number of nitrogens with zero attached hydrogens (tertiary/aromatic N) is 1. The fourth-order valence-corrected chi connectivity index (χ4v) is 5.08. The molecule has 0 radical (unpaired) electrons. The highest BCUT2D eigenvalue weighted by Crippen LogP contribution is 2.40. The van der Waals surface area contributed by atoms with Crippen molar-refractivity contribution in [2.45, 2.75) is 57.3 Å². The number of carbonyl (C=O) groups excluding carboxylic acids is 2. The summed E-state index contributed by atoms with van der Waals surface area (Å²) < 4.78 is 11.2. The number of rotatable bonds is 5. The third kappa shape index (κ3) is 4.94. The smallest absolute Gasteiger partial charge is 0.417 e. The van der Waals surface area contributed by atoms with Gasteiger partial charge in [-0.3, -0.25) is 4.79 Å². The first-order valence-corrected chi connectivity index (χ1v) is 11.2. The summed E-state index contributed by atoms with van der Waals surface area (Å²) in [5.74, 6) is 0.0455. The Morgan fingerprint density at radius 3 is 2.35 bits per heavy atom. The lowest BCUT2D eigenvalue weighted by Crippen LogP contribution is -2.38. The molecule has 0 saturated carbocycles. The summed E-state index contributed by atoms with van der Waals surface area (Å²) in [7, 11) is 0. The minimum Gasteiger partial charge on any atom is -0.446 e. The Morgan fingerprint density at radius 1 is 1.06 bits per heavy atom. The molecule has 5 nitrogen and oxygen atoms in total. The van der Waals surface area contributed by atoms with Crippen LogP contribution in [-0.4, -0.2) is 35.7 Å². The minimum atomic E-state index is -0.567. The lowest BCUT2D eigenvalue weighted by molar-refractivity contribution is -0.130. The van der Waals surface area contributed by atoms with Gasteiger partial charge in [-0.05, 0) is 61.8 Å². The van der Waals surface area contributed by atoms with Crippen LogP contribution in [0.1, 0.15) is 56.2 Å². The molecular weight excluding hydrogens is 414 g/mol. The van der Waals surface area contributed by atoms with Gasteiger partial charge < -0.3 is 9.47 Å². The Bertz CT molecular complexity index is 907. The molecule has 2 aromatic carbocycles. The molecule has 0 spiro atoms. The lowest BCUT2D eigenvalue weighted by atomic mass is 9.76. The zero-order valence-corrected chi connectivity index (χ0v) is 18.6. The molecular formula is C25H28ClNO4. The maximum absolute atomic E-state index is 13.5. The predicted octanol–water partition coefficient (Wildman–Crippen LogP) is 5.74. The highest BCUT2D eigenvalue weighted by molar-refractivity contribution is 6.30. The highest BCUT2D eigenvalue weighted by Gasteiger charge is 2.41. The van der Waals surface area contributed by atoms with Gasteiger partial charge >= 0.3 is 6.09 Å². The van der Waals surface area contributed by atoms with Gasteiger partial charge in [0.2, 0.25) is 5.91 Å². The number of ether oxygens (including phenoxy) is 2. The Labute approximate surface area is 188 Å². The van der Waals surface area contributed by atoms with Gasteiger partial charge in [0.1, 0.15) is 12.6 Å². The molecule has 2 saturated heterocycles. The van der Waals surface area contributed by atoms with E-state index in [1.807, 2.05) is 54.6 Å². The van der Waals surface area contributed by atoms with Gasteiger partial charge in [-0.2, -0.15) is 0 Å². The van der Waals surface area contributed by atoms with E-state index in [1.165, 1.54) is 4.90 Å². The zero-order chi connectivity index (χ0) is 22.0. The molecule has 2 fully saturated rings. The SMILES string of the molecule is C[C@@H]1CC(C(CC(=O)N2C(=O)OCC2c2ccccc2)c2ccc(Cl)cc2)C[C@H](C)O1. The quantitative estimate of drug-likeness (QED) is 0.593. The Hall–Kier alpha value is -2.37. The van der Waals surface area contributed by atoms with E-state index in [2.05, 4.69) is 13.8 Å². The number of hydrogen-bond acceptors (Lipinski definition) is 4. The summed E-state index contributed by atoms with van der Waals surface area (Å²) in [6, 6.07) is 16.9. The summed E-state index contributed by atoms with van der Waals surface area (Å²) in [4.78, 5) is 27.2. The number of carbonyl (C=O) groups is 2. The van der Waals surface area contributed by atoms with E-state index < -0.39 is 6.09 Å². The molecule has 3 unspecified atom stereocenters. The molecule has 31 heavy (non-hydrogen) atoms. The Morgan fingerprint density at radius 2 is 1.71 bits per heavy atom. The van der Waals surface area contributed by atoms with Crippen LogP contribution in [0, 0.1) is 5.92 Å². The topological polar surface area (TPSA) is 55.8 Å². The van der Waals surface area contributed by atoms with Crippen LogP contribution in [0.15, 0.2) is 54.6 Å². The monoisotopic (exact) mass is 441 g/mol. The molecule has 2 aromatic rings. The van der Waals surface area contributed by atoms with Crippen LogP contribution in [0.5, 0.6) is 0 Å². The molecule has 0 N–H and O–H groups in total. The molecule has 4 rings (SSSR count). The van der Waals surface area contributed by atoms with Crippen molar-refractivity contribution in [1.29, 1.82) is 0 Å². The van der Waals surface area contributed by atoms with Crippen molar-refractivity contribution in [3.05, 3.63) is 70.7 Å². The van der Waals surface area contributed by atoms with Crippen molar-refractivity contribution in [1.82, 2.24) is 4.90 Å². The maximum atomic E-state index is 13.5. The average Bonchev–Trinajstić information content (AvgIpc) is 3.14. The van der Waals surface area contributed by atoms with E-state index in [0.717, 1.165) is 24.0 Å². The third-order valence-corrected chi connectivity index (χ3v) is 6.57. The van der Waals surface area contributed by atoms with E-state index in [-0.39, 0.29) is 49.0 Å². The number of hydrogen-bond donors (Lipinski definition) is 0. The summed E-state index contributed by atoms with van der Waals surface area (Å²) in [5, 5.41) is 0.662. The molecule has 2 heterocycles. The van der Waals surface area contributed by atoms with Crippen molar-refractivity contribution >= 4 is 23.6 Å². The highest BCUT2D eigenvalue weighted by atomic mass is 35.5. The van der Waals surface area contributed by atoms with Crippen LogP contribution < -0.4 is 0 Å². The van der Waals surface area contributed by atoms with Crippen molar-refractivity contribution in [3.63, 3.8) is 0 Å². The van der Waals surface area contributed by atoms with Gasteiger partial charge in [0.15, 0.2) is 0 Å². The van der Waals surface area contributed by atoms with Crippen LogP contribution in [-0.2, 0) is 14.3 Å². The second-order valence-corrected chi connectivity index (χ2v) is 9.05. The summed E-state index contributed by atoms with van der Waals surface area (Å²) in [5.41, 5.74) is 1.96. The standard InChI is InChI=1S/C25H28ClNO4/c1-16-12-20(13-17(2)31-16)22(18-8-10-21(26)11-9-18)14-24(28)27-23(15-30-25(27)29)19-6-4-3-5-7-19/h3-11,16-17,20,22-23H,12-15H2,1-2H3/t16-,17+,20?,22?,23?. The van der Waals surface area contributed by atoms with Gasteiger partial charge in [-0.15, -0.1) is 0 Å². The first-order chi connectivity index (χ1) is 14.9. The normalized spacial score (nSPS) is 27.1. The predicted molar refractivity (Wildman–Crippen MR) is 119 cm³/mol. The lowest BCUT2D eigenvalue weighted by Gasteiger charge is -2.37. The number of amides is 2. The molecule has 0 bridgehead atoms. The first kappa shape index (κ1) is 21.8. The molecule has 5 atom stereocenters. The van der Waals surface area contributed by atoms with Gasteiger partial charge in [0.25, 0.3) is 0 Å². The van der Waals surface area contributed by atoms with Gasteiger partial charge in [-0.25, -0.2) is 9.69 Å².